The molecule has 4 nitrogen and oxygen atoms in total. The highest BCUT2D eigenvalue weighted by Gasteiger charge is 2.22. The van der Waals surface area contributed by atoms with Gasteiger partial charge in [0.15, 0.2) is 5.82 Å². The smallest absolute Gasteiger partial charge is 0.260 e. The molecule has 19 heavy (non-hydrogen) atoms. The van der Waals surface area contributed by atoms with E-state index in [1.807, 2.05) is 23.5 Å². The largest absolute Gasteiger partial charge is 0.398 e. The Morgan fingerprint density at radius 2 is 2.26 bits per heavy atom. The molecule has 3 rings (SSSR count). The van der Waals surface area contributed by atoms with Gasteiger partial charge in [0.2, 0.25) is 0 Å². The van der Waals surface area contributed by atoms with Crippen molar-refractivity contribution in [3.8, 4) is 11.5 Å². The van der Waals surface area contributed by atoms with Gasteiger partial charge in [0.1, 0.15) is 0 Å². The molecule has 2 heterocycles. The Labute approximate surface area is 124 Å². The minimum Gasteiger partial charge on any atom is -0.398 e. The van der Waals surface area contributed by atoms with Crippen LogP contribution in [0.2, 0.25) is 5.02 Å². The van der Waals surface area contributed by atoms with E-state index in [9.17, 15) is 0 Å². The van der Waals surface area contributed by atoms with Crippen LogP contribution in [0.1, 0.15) is 11.1 Å². The molecule has 2 N–H and O–H groups in total. The van der Waals surface area contributed by atoms with E-state index >= 15 is 0 Å². The van der Waals surface area contributed by atoms with Gasteiger partial charge in [-0.15, -0.1) is 11.8 Å². The Morgan fingerprint density at radius 3 is 3.05 bits per heavy atom. The first-order valence-electron chi connectivity index (χ1n) is 5.82. The van der Waals surface area contributed by atoms with Gasteiger partial charge in [-0.05, 0) is 18.2 Å². The quantitative estimate of drug-likeness (QED) is 0.856. The lowest BCUT2D eigenvalue weighted by Crippen LogP contribution is -2.07. The highest BCUT2D eigenvalue weighted by molar-refractivity contribution is 8.06. The summed E-state index contributed by atoms with van der Waals surface area (Å²) in [5, 5.41) is 4.97. The van der Waals surface area contributed by atoms with E-state index in [0.29, 0.717) is 27.4 Å². The number of benzene rings is 1. The summed E-state index contributed by atoms with van der Waals surface area (Å²) in [5.41, 5.74) is 7.20. The molecule has 0 radical (unpaired) electrons. The number of nitrogen functional groups attached to an aromatic ring is 1. The van der Waals surface area contributed by atoms with E-state index in [4.69, 9.17) is 21.9 Å². The number of halogens is 1. The summed E-state index contributed by atoms with van der Waals surface area (Å²) in [6, 6.07) is 5.23. The number of aromatic nitrogens is 2. The monoisotopic (exact) mass is 313 g/mol. The van der Waals surface area contributed by atoms with Gasteiger partial charge in [-0.3, -0.25) is 0 Å². The lowest BCUT2D eigenvalue weighted by atomic mass is 10.2. The molecule has 0 saturated carbocycles. The fourth-order valence-electron chi connectivity index (χ4n) is 1.83. The number of nitrogens with two attached hydrogens (primary N) is 1. The lowest BCUT2D eigenvalue weighted by Gasteiger charge is -2.16. The number of anilines is 1. The topological polar surface area (TPSA) is 64.9 Å². The van der Waals surface area contributed by atoms with Crippen molar-refractivity contribution in [3.05, 3.63) is 29.0 Å². The summed E-state index contributed by atoms with van der Waals surface area (Å²) in [6.45, 7) is 0. The van der Waals surface area contributed by atoms with Gasteiger partial charge in [0, 0.05) is 28.0 Å². The number of thioether (sulfide) groups is 2. The third-order valence-electron chi connectivity index (χ3n) is 2.79. The minimum absolute atomic E-state index is 0.302. The Morgan fingerprint density at radius 1 is 1.37 bits per heavy atom. The first-order valence-corrected chi connectivity index (χ1v) is 8.40. The van der Waals surface area contributed by atoms with Crippen LogP contribution in [0.15, 0.2) is 22.7 Å². The van der Waals surface area contributed by atoms with Crippen LogP contribution >= 0.6 is 35.1 Å². The van der Waals surface area contributed by atoms with Crippen molar-refractivity contribution < 1.29 is 4.52 Å². The predicted octanol–water partition coefficient (Wildman–Crippen LogP) is 3.49. The summed E-state index contributed by atoms with van der Waals surface area (Å²) < 4.78 is 5.32. The molecule has 1 saturated heterocycles. The van der Waals surface area contributed by atoms with Crippen molar-refractivity contribution in [2.75, 3.05) is 23.0 Å². The molecule has 1 aromatic heterocycles. The van der Waals surface area contributed by atoms with E-state index in [2.05, 4.69) is 10.1 Å². The van der Waals surface area contributed by atoms with Crippen LogP contribution in [-0.2, 0) is 0 Å². The number of hydrogen-bond acceptors (Lipinski definition) is 6. The number of rotatable bonds is 2. The standard InChI is InChI=1S/C12H12ClN3OS2/c13-7-1-2-9(14)8(5-7)12-15-11(16-17-12)10-6-18-3-4-19-10/h1-2,5,10H,3-4,6,14H2. The second-order valence-corrected chi connectivity index (χ2v) is 7.02. The van der Waals surface area contributed by atoms with Crippen LogP contribution in [-0.4, -0.2) is 27.4 Å². The molecule has 0 aliphatic carbocycles. The van der Waals surface area contributed by atoms with Crippen molar-refractivity contribution >= 4 is 40.8 Å². The first kappa shape index (κ1) is 13.1. The fourth-order valence-corrected chi connectivity index (χ4v) is 4.59. The molecule has 1 unspecified atom stereocenters. The predicted molar refractivity (Wildman–Crippen MR) is 81.7 cm³/mol. The van der Waals surface area contributed by atoms with Gasteiger partial charge < -0.3 is 10.3 Å². The molecule has 1 aliphatic heterocycles. The Kier molecular flexibility index (Phi) is 3.91. The van der Waals surface area contributed by atoms with E-state index in [0.717, 1.165) is 17.3 Å². The van der Waals surface area contributed by atoms with Crippen molar-refractivity contribution in [3.63, 3.8) is 0 Å². The van der Waals surface area contributed by atoms with Crippen molar-refractivity contribution in [1.82, 2.24) is 10.1 Å². The highest BCUT2D eigenvalue weighted by atomic mass is 35.5. The maximum atomic E-state index is 5.97. The molecule has 0 amide bonds. The second-order valence-electron chi connectivity index (χ2n) is 4.12. The molecular weight excluding hydrogens is 302 g/mol. The van der Waals surface area contributed by atoms with Crippen molar-refractivity contribution in [1.29, 1.82) is 0 Å². The normalized spacial score (nSPS) is 19.5. The second kappa shape index (κ2) is 5.64. The maximum Gasteiger partial charge on any atom is 0.260 e. The van der Waals surface area contributed by atoms with Crippen LogP contribution in [0.5, 0.6) is 0 Å². The molecule has 1 aliphatic rings. The molecule has 1 atom stereocenters. The Hall–Kier alpha value is -0.850. The van der Waals surface area contributed by atoms with Crippen LogP contribution in [0.3, 0.4) is 0 Å². The first-order chi connectivity index (χ1) is 9.24. The van der Waals surface area contributed by atoms with Crippen molar-refractivity contribution in [2.24, 2.45) is 0 Å². The molecular formula is C12H12ClN3OS2. The zero-order valence-electron chi connectivity index (χ0n) is 10.0. The van der Waals surface area contributed by atoms with E-state index < -0.39 is 0 Å². The fraction of sp³-hybridized carbons (Fsp3) is 0.333. The van der Waals surface area contributed by atoms with Crippen LogP contribution in [0.4, 0.5) is 5.69 Å². The molecule has 100 valence electrons. The van der Waals surface area contributed by atoms with Gasteiger partial charge in [0.05, 0.1) is 10.8 Å². The van der Waals surface area contributed by atoms with Crippen LogP contribution in [0, 0.1) is 0 Å². The third-order valence-corrected chi connectivity index (χ3v) is 5.78. The lowest BCUT2D eigenvalue weighted by molar-refractivity contribution is 0.423. The van der Waals surface area contributed by atoms with Gasteiger partial charge in [-0.2, -0.15) is 16.7 Å². The summed E-state index contributed by atoms with van der Waals surface area (Å²) in [5.74, 6) is 4.51. The van der Waals surface area contributed by atoms with Gasteiger partial charge >= 0.3 is 0 Å². The molecule has 1 aromatic carbocycles. The zero-order chi connectivity index (χ0) is 13.2. The Bertz CT molecular complexity index is 584. The van der Waals surface area contributed by atoms with Gasteiger partial charge in [-0.1, -0.05) is 16.8 Å². The average molecular weight is 314 g/mol. The van der Waals surface area contributed by atoms with Gasteiger partial charge in [-0.25, -0.2) is 0 Å². The average Bonchev–Trinajstić information content (AvgIpc) is 2.92. The molecule has 0 bridgehead atoms. The third kappa shape index (κ3) is 2.85. The summed E-state index contributed by atoms with van der Waals surface area (Å²) in [7, 11) is 0. The molecule has 7 heteroatoms. The number of hydrogen-bond donors (Lipinski definition) is 1. The van der Waals surface area contributed by atoms with Crippen molar-refractivity contribution in [2.45, 2.75) is 5.25 Å². The molecule has 0 spiro atoms. The van der Waals surface area contributed by atoms with Crippen LogP contribution in [0.25, 0.3) is 11.5 Å². The summed E-state index contributed by atoms with van der Waals surface area (Å²) >= 11 is 9.76. The SMILES string of the molecule is Nc1ccc(Cl)cc1-c1nc(C2CSCCS2)no1. The van der Waals surface area contributed by atoms with E-state index in [-0.39, 0.29) is 0 Å². The highest BCUT2D eigenvalue weighted by Crippen LogP contribution is 2.36. The summed E-state index contributed by atoms with van der Waals surface area (Å²) in [6.07, 6.45) is 0. The molecule has 1 fully saturated rings. The zero-order valence-corrected chi connectivity index (χ0v) is 12.4. The molecule has 2 aromatic rings. The van der Waals surface area contributed by atoms with E-state index in [1.54, 1.807) is 18.2 Å². The maximum absolute atomic E-state index is 5.97. The van der Waals surface area contributed by atoms with Gasteiger partial charge in [0.25, 0.3) is 5.89 Å². The summed E-state index contributed by atoms with van der Waals surface area (Å²) in [4.78, 5) is 4.46. The Balaban J connectivity index is 1.89. The minimum atomic E-state index is 0.302. The van der Waals surface area contributed by atoms with E-state index in [1.165, 1.54) is 5.75 Å². The van der Waals surface area contributed by atoms with Crippen LogP contribution < -0.4 is 5.73 Å². The number of nitrogens with zero attached hydrogens (tertiary/aromatic N) is 2.